The van der Waals surface area contributed by atoms with Gasteiger partial charge in [-0.1, -0.05) is 24.3 Å². The number of ether oxygens (including phenoxy) is 3. The van der Waals surface area contributed by atoms with Gasteiger partial charge < -0.3 is 34.6 Å². The van der Waals surface area contributed by atoms with Gasteiger partial charge in [0.1, 0.15) is 35.9 Å². The van der Waals surface area contributed by atoms with Crippen molar-refractivity contribution in [3.8, 4) is 11.5 Å². The molecule has 0 aliphatic carbocycles. The van der Waals surface area contributed by atoms with Gasteiger partial charge in [0.2, 0.25) is 6.29 Å². The highest BCUT2D eigenvalue weighted by Gasteiger charge is 2.44. The number of para-hydroxylation sites is 1. The van der Waals surface area contributed by atoms with Gasteiger partial charge in [-0.05, 0) is 36.2 Å². The van der Waals surface area contributed by atoms with E-state index >= 15 is 0 Å². The summed E-state index contributed by atoms with van der Waals surface area (Å²) in [6.45, 7) is -0.562. The maximum atomic E-state index is 12.8. The molecule has 8 nitrogen and oxygen atoms in total. The van der Waals surface area contributed by atoms with Gasteiger partial charge >= 0.3 is 0 Å². The lowest BCUT2D eigenvalue weighted by atomic mass is 9.99. The SMILES string of the molecule is COc1ccc(CCC(=O)c2ccccc2O[C@@H]2O[C@H](CO)[C@@H](O)[C@H](O)[C@H]2O)cc1. The Kier molecular flexibility index (Phi) is 7.41. The molecule has 4 N–H and O–H groups in total. The molecule has 0 spiro atoms. The minimum Gasteiger partial charge on any atom is -0.497 e. The summed E-state index contributed by atoms with van der Waals surface area (Å²) in [4.78, 5) is 12.8. The highest BCUT2D eigenvalue weighted by molar-refractivity contribution is 5.98. The molecule has 1 aliphatic rings. The third kappa shape index (κ3) is 4.97. The molecule has 0 unspecified atom stereocenters. The topological polar surface area (TPSA) is 126 Å². The number of carbonyl (C=O) groups is 1. The number of benzene rings is 2. The highest BCUT2D eigenvalue weighted by atomic mass is 16.7. The third-order valence-electron chi connectivity index (χ3n) is 5.08. The summed E-state index contributed by atoms with van der Waals surface area (Å²) in [5, 5.41) is 39.3. The van der Waals surface area contributed by atoms with Crippen molar-refractivity contribution in [2.75, 3.05) is 13.7 Å². The van der Waals surface area contributed by atoms with Crippen LogP contribution in [0.5, 0.6) is 11.5 Å². The molecule has 8 heteroatoms. The van der Waals surface area contributed by atoms with Gasteiger partial charge in [-0.25, -0.2) is 0 Å². The highest BCUT2D eigenvalue weighted by Crippen LogP contribution is 2.27. The lowest BCUT2D eigenvalue weighted by Crippen LogP contribution is -2.60. The smallest absolute Gasteiger partial charge is 0.229 e. The second kappa shape index (κ2) is 10.0. The lowest BCUT2D eigenvalue weighted by Gasteiger charge is -2.39. The fraction of sp³-hybridized carbons (Fsp3) is 0.409. The Morgan fingerprint density at radius 2 is 1.70 bits per heavy atom. The summed E-state index contributed by atoms with van der Waals surface area (Å²) >= 11 is 0. The molecule has 2 aromatic carbocycles. The van der Waals surface area contributed by atoms with Crippen molar-refractivity contribution in [3.05, 3.63) is 59.7 Å². The quantitative estimate of drug-likeness (QED) is 0.462. The Balaban J connectivity index is 1.69. The number of rotatable bonds is 8. The maximum absolute atomic E-state index is 12.8. The predicted octanol–water partition coefficient (Wildman–Crippen LogP) is 0.689. The molecule has 30 heavy (non-hydrogen) atoms. The molecule has 1 saturated heterocycles. The molecule has 1 heterocycles. The lowest BCUT2D eigenvalue weighted by molar-refractivity contribution is -0.277. The van der Waals surface area contributed by atoms with Crippen LogP contribution in [0, 0.1) is 0 Å². The van der Waals surface area contributed by atoms with E-state index in [0.29, 0.717) is 12.0 Å². The van der Waals surface area contributed by atoms with Gasteiger partial charge in [0.05, 0.1) is 19.3 Å². The Morgan fingerprint density at radius 3 is 2.37 bits per heavy atom. The first kappa shape index (κ1) is 22.2. The second-order valence-electron chi connectivity index (χ2n) is 7.08. The van der Waals surface area contributed by atoms with Crippen molar-refractivity contribution in [2.24, 2.45) is 0 Å². The van der Waals surface area contributed by atoms with Crippen LogP contribution in [0.1, 0.15) is 22.3 Å². The van der Waals surface area contributed by atoms with E-state index in [9.17, 15) is 25.2 Å². The number of aryl methyl sites for hydroxylation is 1. The Hall–Kier alpha value is -2.49. The predicted molar refractivity (Wildman–Crippen MR) is 106 cm³/mol. The van der Waals surface area contributed by atoms with Crippen LogP contribution >= 0.6 is 0 Å². The van der Waals surface area contributed by atoms with Crippen LogP contribution in [0.2, 0.25) is 0 Å². The number of hydrogen-bond donors (Lipinski definition) is 4. The monoisotopic (exact) mass is 418 g/mol. The Morgan fingerprint density at radius 1 is 1.00 bits per heavy atom. The number of carbonyl (C=O) groups excluding carboxylic acids is 1. The van der Waals surface area contributed by atoms with Gasteiger partial charge in [0, 0.05) is 6.42 Å². The first-order chi connectivity index (χ1) is 14.4. The van der Waals surface area contributed by atoms with E-state index in [1.807, 2.05) is 24.3 Å². The first-order valence-corrected chi connectivity index (χ1v) is 9.67. The van der Waals surface area contributed by atoms with Crippen molar-refractivity contribution in [2.45, 2.75) is 43.5 Å². The van der Waals surface area contributed by atoms with Crippen LogP contribution in [0.4, 0.5) is 0 Å². The summed E-state index contributed by atoms with van der Waals surface area (Å²) in [6.07, 6.45) is -6.27. The molecule has 3 rings (SSSR count). The van der Waals surface area contributed by atoms with Crippen molar-refractivity contribution < 1.29 is 39.4 Å². The molecule has 1 aliphatic heterocycles. The van der Waals surface area contributed by atoms with E-state index < -0.39 is 37.3 Å². The molecule has 0 bridgehead atoms. The number of Topliss-reactive ketones (excluding diaryl/α,β-unsaturated/α-hetero) is 1. The molecule has 0 amide bonds. The molecule has 0 aromatic heterocycles. The number of aliphatic hydroxyl groups excluding tert-OH is 4. The van der Waals surface area contributed by atoms with E-state index in [2.05, 4.69) is 0 Å². The Labute approximate surface area is 174 Å². The average molecular weight is 418 g/mol. The molecular weight excluding hydrogens is 392 g/mol. The van der Waals surface area contributed by atoms with E-state index in [1.54, 1.807) is 31.4 Å². The Bertz CT molecular complexity index is 835. The van der Waals surface area contributed by atoms with Gasteiger partial charge in [-0.2, -0.15) is 0 Å². The van der Waals surface area contributed by atoms with Crippen LogP contribution in [-0.2, 0) is 11.2 Å². The van der Waals surface area contributed by atoms with Crippen LogP contribution in [0.3, 0.4) is 0 Å². The standard InChI is InChI=1S/C22H26O8/c1-28-14-9-6-13(7-10-14)8-11-16(24)15-4-2-3-5-17(15)29-22-21(27)20(26)19(25)18(12-23)30-22/h2-7,9-10,18-23,25-27H,8,11-12H2,1H3/t18-,19-,20+,21-,22-/m1/s1. The minimum atomic E-state index is -1.56. The fourth-order valence-corrected chi connectivity index (χ4v) is 3.27. The summed E-state index contributed by atoms with van der Waals surface area (Å²) in [6, 6.07) is 14.0. The molecule has 162 valence electrons. The average Bonchev–Trinajstić information content (AvgIpc) is 2.78. The van der Waals surface area contributed by atoms with Crippen LogP contribution in [0.15, 0.2) is 48.5 Å². The summed E-state index contributed by atoms with van der Waals surface area (Å²) in [5.41, 5.74) is 1.29. The number of ketones is 1. The fourth-order valence-electron chi connectivity index (χ4n) is 3.27. The molecule has 0 radical (unpaired) electrons. The molecule has 1 fully saturated rings. The molecular formula is C22H26O8. The minimum absolute atomic E-state index is 0.161. The number of hydrogen-bond acceptors (Lipinski definition) is 8. The van der Waals surface area contributed by atoms with E-state index in [-0.39, 0.29) is 18.0 Å². The first-order valence-electron chi connectivity index (χ1n) is 9.67. The normalized spacial score (nSPS) is 26.2. The van der Waals surface area contributed by atoms with Crippen molar-refractivity contribution in [1.82, 2.24) is 0 Å². The number of aliphatic hydroxyl groups is 4. The largest absolute Gasteiger partial charge is 0.497 e. The van der Waals surface area contributed by atoms with E-state index in [0.717, 1.165) is 11.3 Å². The zero-order valence-electron chi connectivity index (χ0n) is 16.5. The van der Waals surface area contributed by atoms with E-state index in [4.69, 9.17) is 14.2 Å². The second-order valence-corrected chi connectivity index (χ2v) is 7.08. The zero-order chi connectivity index (χ0) is 21.7. The van der Waals surface area contributed by atoms with Gasteiger partial charge in [0.15, 0.2) is 5.78 Å². The van der Waals surface area contributed by atoms with Gasteiger partial charge in [-0.3, -0.25) is 4.79 Å². The third-order valence-corrected chi connectivity index (χ3v) is 5.08. The van der Waals surface area contributed by atoms with Crippen molar-refractivity contribution in [3.63, 3.8) is 0 Å². The maximum Gasteiger partial charge on any atom is 0.229 e. The van der Waals surface area contributed by atoms with Gasteiger partial charge in [-0.15, -0.1) is 0 Å². The zero-order valence-corrected chi connectivity index (χ0v) is 16.5. The molecule has 2 aromatic rings. The number of methoxy groups -OCH3 is 1. The van der Waals surface area contributed by atoms with Crippen LogP contribution < -0.4 is 9.47 Å². The molecule has 5 atom stereocenters. The van der Waals surface area contributed by atoms with Crippen molar-refractivity contribution >= 4 is 5.78 Å². The van der Waals surface area contributed by atoms with Crippen LogP contribution in [-0.4, -0.2) is 70.6 Å². The summed E-state index contributed by atoms with van der Waals surface area (Å²) < 4.78 is 16.2. The van der Waals surface area contributed by atoms with Gasteiger partial charge in [0.25, 0.3) is 0 Å². The van der Waals surface area contributed by atoms with E-state index in [1.165, 1.54) is 0 Å². The molecule has 0 saturated carbocycles. The van der Waals surface area contributed by atoms with Crippen LogP contribution in [0.25, 0.3) is 0 Å². The van der Waals surface area contributed by atoms with Crippen molar-refractivity contribution in [1.29, 1.82) is 0 Å². The summed E-state index contributed by atoms with van der Waals surface area (Å²) in [7, 11) is 1.59. The summed E-state index contributed by atoms with van der Waals surface area (Å²) in [5.74, 6) is 0.760.